The Hall–Kier alpha value is -1.95. The van der Waals surface area contributed by atoms with E-state index in [4.69, 9.17) is 16.2 Å². The first kappa shape index (κ1) is 16.4. The number of hydrogen-bond acceptors (Lipinski definition) is 6. The molecule has 120 valence electrons. The third-order valence-corrected chi connectivity index (χ3v) is 3.70. The molecule has 6 nitrogen and oxygen atoms in total. The number of guanidine groups is 2. The fraction of sp³-hybridized carbons (Fsp3) is 0.467. The Balaban J connectivity index is 0.00000176. The normalized spacial score (nSPS) is 21.2. The largest absolute Gasteiger partial charge is 0.485 e. The maximum Gasteiger partial charge on any atom is 0.220 e. The summed E-state index contributed by atoms with van der Waals surface area (Å²) in [7, 11) is 0. The molecule has 0 fully saturated rings. The summed E-state index contributed by atoms with van der Waals surface area (Å²) in [6, 6.07) is 6.06. The highest BCUT2D eigenvalue weighted by atomic mass is 35.5. The number of para-hydroxylation sites is 1. The van der Waals surface area contributed by atoms with Crippen LogP contribution in [0.15, 0.2) is 28.2 Å². The molecule has 2 aliphatic rings. The second-order valence-electron chi connectivity index (χ2n) is 6.57. The molecular weight excluding hydrogens is 302 g/mol. The van der Waals surface area contributed by atoms with E-state index >= 15 is 0 Å². The lowest BCUT2D eigenvalue weighted by molar-refractivity contribution is 0.139. The number of benzene rings is 1. The van der Waals surface area contributed by atoms with Gasteiger partial charge in [0.05, 0.1) is 5.69 Å². The monoisotopic (exact) mass is 323 g/mol. The molecule has 0 saturated carbocycles. The Labute approximate surface area is 136 Å². The lowest BCUT2D eigenvalue weighted by Crippen LogP contribution is -2.54. The molecule has 0 radical (unpaired) electrons. The Morgan fingerprint density at radius 3 is 2.50 bits per heavy atom. The summed E-state index contributed by atoms with van der Waals surface area (Å²) in [6.07, 6.45) is 0.868. The van der Waals surface area contributed by atoms with E-state index in [2.05, 4.69) is 29.9 Å². The van der Waals surface area contributed by atoms with Crippen molar-refractivity contribution in [1.29, 1.82) is 0 Å². The van der Waals surface area contributed by atoms with Crippen molar-refractivity contribution in [3.63, 3.8) is 0 Å². The number of aliphatic imine (C=N–C) groups is 2. The van der Waals surface area contributed by atoms with Gasteiger partial charge in [0, 0.05) is 12.0 Å². The van der Waals surface area contributed by atoms with E-state index in [1.165, 1.54) is 5.56 Å². The number of ether oxygens (including phenoxy) is 1. The van der Waals surface area contributed by atoms with Gasteiger partial charge in [-0.25, -0.2) is 4.99 Å². The van der Waals surface area contributed by atoms with Crippen LogP contribution >= 0.6 is 12.4 Å². The van der Waals surface area contributed by atoms with E-state index in [1.54, 1.807) is 0 Å². The standard InChI is InChI=1S/C15H21N5O.ClH/c1-14(2)8-9-6-5-7-10(11(9)21-14)20-13(17)18-12(16)19-15(20,3)4;/h5-7H,8H2,1-4H3,(H4,16,17,18,19);1H. The summed E-state index contributed by atoms with van der Waals surface area (Å²) < 4.78 is 6.12. The van der Waals surface area contributed by atoms with Crippen molar-refractivity contribution in [3.05, 3.63) is 23.8 Å². The minimum Gasteiger partial charge on any atom is -0.485 e. The summed E-state index contributed by atoms with van der Waals surface area (Å²) in [5.41, 5.74) is 13.0. The van der Waals surface area contributed by atoms with Gasteiger partial charge in [-0.3, -0.25) is 4.90 Å². The average Bonchev–Trinajstić information content (AvgIpc) is 2.61. The number of halogens is 1. The van der Waals surface area contributed by atoms with Crippen molar-refractivity contribution in [1.82, 2.24) is 0 Å². The first-order valence-corrected chi connectivity index (χ1v) is 7.00. The van der Waals surface area contributed by atoms with Crippen molar-refractivity contribution < 1.29 is 4.74 Å². The third-order valence-electron chi connectivity index (χ3n) is 3.70. The van der Waals surface area contributed by atoms with Gasteiger partial charge in [0.15, 0.2) is 0 Å². The van der Waals surface area contributed by atoms with Gasteiger partial charge in [-0.1, -0.05) is 12.1 Å². The summed E-state index contributed by atoms with van der Waals surface area (Å²) in [6.45, 7) is 8.04. The molecule has 0 unspecified atom stereocenters. The molecule has 0 atom stereocenters. The van der Waals surface area contributed by atoms with Gasteiger partial charge in [-0.15, -0.1) is 12.4 Å². The summed E-state index contributed by atoms with van der Waals surface area (Å²) in [5, 5.41) is 0. The van der Waals surface area contributed by atoms with Crippen LogP contribution in [0.2, 0.25) is 0 Å². The van der Waals surface area contributed by atoms with E-state index in [0.717, 1.165) is 17.9 Å². The fourth-order valence-electron chi connectivity index (χ4n) is 3.00. The Morgan fingerprint density at radius 1 is 1.18 bits per heavy atom. The molecule has 4 N–H and O–H groups in total. The van der Waals surface area contributed by atoms with Gasteiger partial charge in [0.1, 0.15) is 17.0 Å². The lowest BCUT2D eigenvalue weighted by Gasteiger charge is -2.39. The number of nitrogens with two attached hydrogens (primary N) is 2. The summed E-state index contributed by atoms with van der Waals surface area (Å²) in [4.78, 5) is 10.3. The maximum absolute atomic E-state index is 6.12. The molecule has 0 aromatic heterocycles. The van der Waals surface area contributed by atoms with Gasteiger partial charge in [0.25, 0.3) is 0 Å². The molecule has 2 heterocycles. The van der Waals surface area contributed by atoms with Crippen LogP contribution in [0, 0.1) is 0 Å². The highest BCUT2D eigenvalue weighted by Crippen LogP contribution is 2.44. The number of hydrogen-bond donors (Lipinski definition) is 2. The number of nitrogens with zero attached hydrogens (tertiary/aromatic N) is 3. The lowest BCUT2D eigenvalue weighted by atomic mass is 10.0. The van der Waals surface area contributed by atoms with E-state index < -0.39 is 5.66 Å². The van der Waals surface area contributed by atoms with Crippen molar-refractivity contribution in [2.45, 2.75) is 45.4 Å². The summed E-state index contributed by atoms with van der Waals surface area (Å²) >= 11 is 0. The quantitative estimate of drug-likeness (QED) is 0.827. The molecule has 0 spiro atoms. The van der Waals surface area contributed by atoms with E-state index in [0.29, 0.717) is 5.96 Å². The topological polar surface area (TPSA) is 89.2 Å². The highest BCUT2D eigenvalue weighted by Gasteiger charge is 2.39. The third kappa shape index (κ3) is 2.59. The predicted octanol–water partition coefficient (Wildman–Crippen LogP) is 2.01. The van der Waals surface area contributed by atoms with E-state index in [1.807, 2.05) is 30.9 Å². The van der Waals surface area contributed by atoms with E-state index in [9.17, 15) is 0 Å². The van der Waals surface area contributed by atoms with Gasteiger partial charge in [-0.2, -0.15) is 4.99 Å². The smallest absolute Gasteiger partial charge is 0.220 e. The van der Waals surface area contributed by atoms with Crippen LogP contribution in [-0.2, 0) is 6.42 Å². The Bertz CT molecular complexity index is 666. The van der Waals surface area contributed by atoms with Gasteiger partial charge >= 0.3 is 0 Å². The van der Waals surface area contributed by atoms with Crippen LogP contribution in [-0.4, -0.2) is 23.2 Å². The zero-order chi connectivity index (χ0) is 15.4. The number of fused-ring (bicyclic) bond motifs is 1. The average molecular weight is 324 g/mol. The number of rotatable bonds is 1. The highest BCUT2D eigenvalue weighted by molar-refractivity contribution is 6.06. The minimum atomic E-state index is -0.610. The molecule has 0 amide bonds. The van der Waals surface area contributed by atoms with Crippen molar-refractivity contribution in [2.24, 2.45) is 21.5 Å². The molecular formula is C15H22ClN5O. The Kier molecular flexibility index (Phi) is 3.77. The van der Waals surface area contributed by atoms with Crippen molar-refractivity contribution >= 4 is 30.0 Å². The minimum absolute atomic E-state index is 0. The van der Waals surface area contributed by atoms with Crippen LogP contribution < -0.4 is 21.1 Å². The molecule has 0 saturated heterocycles. The fourth-order valence-corrected chi connectivity index (χ4v) is 3.00. The molecule has 3 rings (SSSR count). The van der Waals surface area contributed by atoms with Crippen LogP contribution in [0.5, 0.6) is 5.75 Å². The van der Waals surface area contributed by atoms with Crippen LogP contribution in [0.25, 0.3) is 0 Å². The molecule has 1 aromatic carbocycles. The zero-order valence-electron chi connectivity index (χ0n) is 13.3. The van der Waals surface area contributed by atoms with Crippen molar-refractivity contribution in [3.8, 4) is 5.75 Å². The Morgan fingerprint density at radius 2 is 1.86 bits per heavy atom. The SMILES string of the molecule is CC1(C)Cc2cccc(N3C(N)=NC(N)=NC3(C)C)c2O1.Cl. The van der Waals surface area contributed by atoms with Crippen LogP contribution in [0.1, 0.15) is 33.3 Å². The second kappa shape index (κ2) is 5.05. The van der Waals surface area contributed by atoms with E-state index in [-0.39, 0.29) is 24.0 Å². The predicted molar refractivity (Wildman–Crippen MR) is 91.9 cm³/mol. The molecule has 2 aliphatic heterocycles. The van der Waals surface area contributed by atoms with Gasteiger partial charge in [-0.05, 0) is 33.8 Å². The first-order valence-electron chi connectivity index (χ1n) is 7.00. The van der Waals surface area contributed by atoms with Gasteiger partial charge < -0.3 is 16.2 Å². The molecule has 0 aliphatic carbocycles. The number of anilines is 1. The molecule has 1 aromatic rings. The van der Waals surface area contributed by atoms with Crippen LogP contribution in [0.3, 0.4) is 0 Å². The molecule has 22 heavy (non-hydrogen) atoms. The van der Waals surface area contributed by atoms with Crippen LogP contribution in [0.4, 0.5) is 5.69 Å². The molecule has 0 bridgehead atoms. The summed E-state index contributed by atoms with van der Waals surface area (Å²) in [5.74, 6) is 1.38. The first-order chi connectivity index (χ1) is 9.70. The molecule has 7 heteroatoms. The second-order valence-corrected chi connectivity index (χ2v) is 6.57. The van der Waals surface area contributed by atoms with Crippen molar-refractivity contribution in [2.75, 3.05) is 4.90 Å². The van der Waals surface area contributed by atoms with Gasteiger partial charge in [0.2, 0.25) is 11.9 Å². The maximum atomic E-state index is 6.12. The zero-order valence-corrected chi connectivity index (χ0v) is 14.1.